The number of methoxy groups -OCH3 is 1. The molecule has 0 aromatic heterocycles. The van der Waals surface area contributed by atoms with Crippen LogP contribution in [0.2, 0.25) is 0 Å². The summed E-state index contributed by atoms with van der Waals surface area (Å²) in [6.07, 6.45) is 0.0499. The summed E-state index contributed by atoms with van der Waals surface area (Å²) in [4.78, 5) is 11.7. The molecule has 1 aromatic carbocycles. The van der Waals surface area contributed by atoms with Crippen molar-refractivity contribution in [2.75, 3.05) is 13.0 Å². The van der Waals surface area contributed by atoms with Gasteiger partial charge in [-0.2, -0.15) is 8.78 Å². The second kappa shape index (κ2) is 6.39. The summed E-state index contributed by atoms with van der Waals surface area (Å²) in [7, 11) is 1.31. The molecule has 0 aliphatic heterocycles. The van der Waals surface area contributed by atoms with Crippen molar-refractivity contribution in [3.63, 3.8) is 0 Å². The number of hydrogen-bond acceptors (Lipinski definition) is 3. The Bertz CT molecular complexity index is 396. The van der Waals surface area contributed by atoms with Gasteiger partial charge in [-0.15, -0.1) is 11.6 Å². The lowest BCUT2D eigenvalue weighted by Gasteiger charge is -2.13. The maximum Gasteiger partial charge on any atom is 0.387 e. The van der Waals surface area contributed by atoms with Crippen molar-refractivity contribution in [2.45, 2.75) is 13.0 Å². The number of hydrogen-bond donors (Lipinski definition) is 0. The molecular weight excluding hydrogens is 254 g/mol. The molecule has 0 bridgehead atoms. The highest BCUT2D eigenvalue weighted by molar-refractivity contribution is 6.19. The van der Waals surface area contributed by atoms with Crippen LogP contribution in [0.3, 0.4) is 0 Å². The molecule has 0 heterocycles. The lowest BCUT2D eigenvalue weighted by molar-refractivity contribution is -0.0515. The summed E-state index contributed by atoms with van der Waals surface area (Å²) < 4.78 is 33.7. The molecule has 0 fully saturated rings. The quantitative estimate of drug-likeness (QED) is 0.585. The minimum Gasteiger partial charge on any atom is -0.493 e. The van der Waals surface area contributed by atoms with Gasteiger partial charge in [0.05, 0.1) is 12.7 Å². The smallest absolute Gasteiger partial charge is 0.387 e. The number of alkyl halides is 3. The second-order valence-corrected chi connectivity index (χ2v) is 3.46. The van der Waals surface area contributed by atoms with E-state index in [9.17, 15) is 13.6 Å². The zero-order valence-corrected chi connectivity index (χ0v) is 9.84. The Kier molecular flexibility index (Phi) is 5.15. The van der Waals surface area contributed by atoms with Crippen LogP contribution in [-0.2, 0) is 0 Å². The maximum atomic E-state index is 12.3. The number of ether oxygens (including phenoxy) is 2. The van der Waals surface area contributed by atoms with Crippen LogP contribution >= 0.6 is 11.6 Å². The molecule has 0 N–H and O–H groups in total. The highest BCUT2D eigenvalue weighted by Gasteiger charge is 2.19. The molecule has 0 amide bonds. The Labute approximate surface area is 102 Å². The largest absolute Gasteiger partial charge is 0.493 e. The number of benzene rings is 1. The van der Waals surface area contributed by atoms with E-state index in [2.05, 4.69) is 4.74 Å². The van der Waals surface area contributed by atoms with Crippen molar-refractivity contribution in [1.82, 2.24) is 0 Å². The summed E-state index contributed by atoms with van der Waals surface area (Å²) in [6.45, 7) is -3.02. The van der Waals surface area contributed by atoms with E-state index in [0.29, 0.717) is 0 Å². The van der Waals surface area contributed by atoms with Gasteiger partial charge in [-0.3, -0.25) is 4.79 Å². The fourth-order valence-corrected chi connectivity index (χ4v) is 1.50. The van der Waals surface area contributed by atoms with E-state index in [1.807, 2.05) is 0 Å². The Morgan fingerprint density at radius 3 is 2.71 bits per heavy atom. The third-order valence-electron chi connectivity index (χ3n) is 2.03. The summed E-state index contributed by atoms with van der Waals surface area (Å²) in [6, 6.07) is 4.36. The van der Waals surface area contributed by atoms with Gasteiger partial charge < -0.3 is 9.47 Å². The highest BCUT2D eigenvalue weighted by atomic mass is 35.5. The molecule has 0 atom stereocenters. The average Bonchev–Trinajstić information content (AvgIpc) is 2.28. The van der Waals surface area contributed by atoms with Crippen molar-refractivity contribution < 1.29 is 23.0 Å². The highest BCUT2D eigenvalue weighted by Crippen LogP contribution is 2.33. The van der Waals surface area contributed by atoms with Crippen molar-refractivity contribution in [1.29, 1.82) is 0 Å². The van der Waals surface area contributed by atoms with Gasteiger partial charge in [-0.05, 0) is 12.1 Å². The SMILES string of the molecule is COc1cccc(C(=O)CCCl)c1OC(F)F. The lowest BCUT2D eigenvalue weighted by Crippen LogP contribution is -2.09. The van der Waals surface area contributed by atoms with Gasteiger partial charge in [0.1, 0.15) is 0 Å². The third kappa shape index (κ3) is 3.56. The molecule has 3 nitrogen and oxygen atoms in total. The topological polar surface area (TPSA) is 35.5 Å². The van der Waals surface area contributed by atoms with Crippen molar-refractivity contribution in [3.05, 3.63) is 23.8 Å². The lowest BCUT2D eigenvalue weighted by atomic mass is 10.1. The van der Waals surface area contributed by atoms with Crippen molar-refractivity contribution in [3.8, 4) is 11.5 Å². The van der Waals surface area contributed by atoms with E-state index < -0.39 is 6.61 Å². The predicted molar refractivity (Wildman–Crippen MR) is 59.3 cm³/mol. The van der Waals surface area contributed by atoms with Gasteiger partial charge in [0, 0.05) is 12.3 Å². The van der Waals surface area contributed by atoms with Gasteiger partial charge in [0.15, 0.2) is 17.3 Å². The Balaban J connectivity index is 3.14. The number of carbonyl (C=O) groups excluding carboxylic acids is 1. The minimum absolute atomic E-state index is 0.0466. The molecule has 17 heavy (non-hydrogen) atoms. The first-order valence-electron chi connectivity index (χ1n) is 4.81. The first-order chi connectivity index (χ1) is 8.10. The monoisotopic (exact) mass is 264 g/mol. The Hall–Kier alpha value is -1.36. The van der Waals surface area contributed by atoms with Crippen LogP contribution in [0.15, 0.2) is 18.2 Å². The molecule has 1 aromatic rings. The molecule has 0 aliphatic carbocycles. The van der Waals surface area contributed by atoms with E-state index in [1.54, 1.807) is 0 Å². The molecule has 0 aliphatic rings. The average molecular weight is 265 g/mol. The normalized spacial score (nSPS) is 10.4. The number of ketones is 1. The van der Waals surface area contributed by atoms with Crippen LogP contribution in [0.1, 0.15) is 16.8 Å². The molecule has 94 valence electrons. The van der Waals surface area contributed by atoms with E-state index in [1.165, 1.54) is 25.3 Å². The number of halogens is 3. The summed E-state index contributed by atoms with van der Waals surface area (Å²) in [5, 5.41) is 0. The first-order valence-corrected chi connectivity index (χ1v) is 5.34. The molecule has 6 heteroatoms. The van der Waals surface area contributed by atoms with E-state index in [0.717, 1.165) is 0 Å². The van der Waals surface area contributed by atoms with Gasteiger partial charge >= 0.3 is 6.61 Å². The van der Waals surface area contributed by atoms with Crippen LogP contribution in [0.25, 0.3) is 0 Å². The summed E-state index contributed by atoms with van der Waals surface area (Å²) in [5.41, 5.74) is 0.0466. The fraction of sp³-hybridized carbons (Fsp3) is 0.364. The molecule has 0 saturated heterocycles. The van der Waals surface area contributed by atoms with Crippen LogP contribution in [0.4, 0.5) is 8.78 Å². The van der Waals surface area contributed by atoms with Gasteiger partial charge in [0.25, 0.3) is 0 Å². The second-order valence-electron chi connectivity index (χ2n) is 3.08. The van der Waals surface area contributed by atoms with E-state index in [-0.39, 0.29) is 35.1 Å². The molecule has 1 rings (SSSR count). The number of para-hydroxylation sites is 1. The molecule has 0 saturated carbocycles. The van der Waals surface area contributed by atoms with Gasteiger partial charge in [0.2, 0.25) is 0 Å². The Morgan fingerprint density at radius 1 is 1.47 bits per heavy atom. The maximum absolute atomic E-state index is 12.3. The molecule has 0 unspecified atom stereocenters. The van der Waals surface area contributed by atoms with Crippen LogP contribution in [0, 0.1) is 0 Å². The predicted octanol–water partition coefficient (Wildman–Crippen LogP) is 3.11. The summed E-state index contributed by atoms with van der Waals surface area (Å²) >= 11 is 5.44. The third-order valence-corrected chi connectivity index (χ3v) is 2.22. The molecule has 0 spiro atoms. The van der Waals surface area contributed by atoms with Gasteiger partial charge in [-0.25, -0.2) is 0 Å². The van der Waals surface area contributed by atoms with E-state index in [4.69, 9.17) is 16.3 Å². The number of carbonyl (C=O) groups is 1. The van der Waals surface area contributed by atoms with Crippen LogP contribution in [-0.4, -0.2) is 25.4 Å². The standard InChI is InChI=1S/C11H11ClF2O3/c1-16-9-4-2-3-7(8(15)5-6-12)10(9)17-11(13)14/h2-4,11H,5-6H2,1H3. The summed E-state index contributed by atoms with van der Waals surface area (Å²) in [5.74, 6) is -0.412. The zero-order valence-electron chi connectivity index (χ0n) is 9.08. The number of rotatable bonds is 6. The van der Waals surface area contributed by atoms with Crippen molar-refractivity contribution in [2.24, 2.45) is 0 Å². The first kappa shape index (κ1) is 13.7. The van der Waals surface area contributed by atoms with Crippen LogP contribution in [0.5, 0.6) is 11.5 Å². The van der Waals surface area contributed by atoms with E-state index >= 15 is 0 Å². The zero-order chi connectivity index (χ0) is 12.8. The number of Topliss-reactive ketones (excluding diaryl/α,β-unsaturated/α-hetero) is 1. The molecular formula is C11H11ClF2O3. The Morgan fingerprint density at radius 2 is 2.18 bits per heavy atom. The molecule has 0 radical (unpaired) electrons. The minimum atomic E-state index is -3.02. The van der Waals surface area contributed by atoms with Crippen molar-refractivity contribution >= 4 is 17.4 Å². The van der Waals surface area contributed by atoms with Gasteiger partial charge in [-0.1, -0.05) is 6.07 Å². The fourth-order valence-electron chi connectivity index (χ4n) is 1.33. The van der Waals surface area contributed by atoms with Crippen LogP contribution < -0.4 is 9.47 Å².